The minimum atomic E-state index is -0.599. The molecule has 0 heterocycles. The molecule has 187 valence electrons. The molecule has 3 fully saturated rings. The van der Waals surface area contributed by atoms with Crippen LogP contribution in [0.3, 0.4) is 0 Å². The van der Waals surface area contributed by atoms with Crippen molar-refractivity contribution in [3.05, 3.63) is 40.8 Å². The summed E-state index contributed by atoms with van der Waals surface area (Å²) in [5, 5.41) is 0. The van der Waals surface area contributed by atoms with Crippen LogP contribution >= 0.6 is 0 Å². The SMILES string of the molecule is [C-]#[N+]C1=C[C@]2(C)C3=CC(=O)[C-]4[C@@H]5CC(C)(C)CC[C@]5(C)CC[C@@]4(C)[C@]3(C)CC[C@H]2C(C)(C)C1=O.[Y]. The Labute approximate surface area is 238 Å². The molecule has 35 heavy (non-hydrogen) atoms. The van der Waals surface area contributed by atoms with Gasteiger partial charge in [0.2, 0.25) is 5.70 Å². The second-order valence-corrected chi connectivity index (χ2v) is 14.6. The average Bonchev–Trinajstić information content (AvgIpc) is 2.74. The van der Waals surface area contributed by atoms with Crippen molar-refractivity contribution in [3.63, 3.8) is 0 Å². The first-order valence-electron chi connectivity index (χ1n) is 13.4. The van der Waals surface area contributed by atoms with E-state index in [-0.39, 0.29) is 77.6 Å². The molecule has 0 aromatic carbocycles. The van der Waals surface area contributed by atoms with Gasteiger partial charge in [0.05, 0.1) is 6.57 Å². The Morgan fingerprint density at radius 1 is 0.943 bits per heavy atom. The summed E-state index contributed by atoms with van der Waals surface area (Å²) in [4.78, 5) is 31.0. The number of hydrogen-bond acceptors (Lipinski definition) is 2. The Bertz CT molecular complexity index is 1090. The van der Waals surface area contributed by atoms with Gasteiger partial charge in [0, 0.05) is 43.9 Å². The van der Waals surface area contributed by atoms with Gasteiger partial charge in [-0.05, 0) is 59.7 Å². The molecule has 6 atom stereocenters. The second kappa shape index (κ2) is 7.90. The third kappa shape index (κ3) is 3.37. The number of carbonyl (C=O) groups excluding carboxylic acids is 2. The number of nitrogens with zero attached hydrogens (tertiary/aromatic N) is 1. The van der Waals surface area contributed by atoms with E-state index in [0.717, 1.165) is 25.7 Å². The summed E-state index contributed by atoms with van der Waals surface area (Å²) >= 11 is 0. The van der Waals surface area contributed by atoms with Crippen molar-refractivity contribution in [1.82, 2.24) is 0 Å². The van der Waals surface area contributed by atoms with Crippen LogP contribution in [0.2, 0.25) is 0 Å². The monoisotopic (exact) mass is 549 g/mol. The maximum Gasteiger partial charge on any atom is 0.226 e. The van der Waals surface area contributed by atoms with Gasteiger partial charge in [-0.3, -0.25) is 0 Å². The first-order chi connectivity index (χ1) is 15.6. The van der Waals surface area contributed by atoms with E-state index >= 15 is 0 Å². The number of rotatable bonds is 0. The zero-order valence-electron chi connectivity index (χ0n) is 23.1. The van der Waals surface area contributed by atoms with Crippen molar-refractivity contribution in [2.75, 3.05) is 0 Å². The largest absolute Gasteiger partial charge is 0.332 e. The van der Waals surface area contributed by atoms with Crippen LogP contribution in [-0.4, -0.2) is 11.6 Å². The van der Waals surface area contributed by atoms with Gasteiger partial charge in [-0.25, -0.2) is 4.85 Å². The summed E-state index contributed by atoms with van der Waals surface area (Å²) in [6.07, 6.45) is 11.7. The molecule has 5 aliphatic carbocycles. The van der Waals surface area contributed by atoms with Gasteiger partial charge in [-0.15, -0.1) is 5.57 Å². The minimum Gasteiger partial charge on any atom is -0.332 e. The molecular formula is C31H42NO2Y-. The molecular weight excluding hydrogens is 507 g/mol. The molecule has 0 aromatic heterocycles. The van der Waals surface area contributed by atoms with E-state index in [1.54, 1.807) is 0 Å². The fraction of sp³-hybridized carbons (Fsp3) is 0.742. The molecule has 0 unspecified atom stereocenters. The Balaban J connectivity index is 0.00000289. The van der Waals surface area contributed by atoms with Crippen LogP contribution in [0.5, 0.6) is 0 Å². The summed E-state index contributed by atoms with van der Waals surface area (Å²) in [5.74, 6) is 1.85. The van der Waals surface area contributed by atoms with E-state index < -0.39 is 10.8 Å². The van der Waals surface area contributed by atoms with E-state index in [1.165, 1.54) is 30.8 Å². The normalized spacial score (nSPS) is 45.4. The maximum absolute atomic E-state index is 14.2. The molecule has 5 rings (SSSR count). The van der Waals surface area contributed by atoms with E-state index in [0.29, 0.717) is 5.92 Å². The molecule has 4 heteroatoms. The number of ketones is 2. The zero-order chi connectivity index (χ0) is 25.1. The van der Waals surface area contributed by atoms with E-state index in [9.17, 15) is 9.59 Å². The van der Waals surface area contributed by atoms with Crippen molar-refractivity contribution >= 4 is 11.6 Å². The van der Waals surface area contributed by atoms with Crippen molar-refractivity contribution in [2.24, 2.45) is 44.3 Å². The van der Waals surface area contributed by atoms with Crippen molar-refractivity contribution in [3.8, 4) is 0 Å². The third-order valence-corrected chi connectivity index (χ3v) is 11.9. The summed E-state index contributed by atoms with van der Waals surface area (Å²) in [5.41, 5.74) is 0.588. The minimum absolute atomic E-state index is 0. The third-order valence-electron chi connectivity index (χ3n) is 11.9. The van der Waals surface area contributed by atoms with Gasteiger partial charge in [-0.2, -0.15) is 12.0 Å². The molecule has 0 aliphatic heterocycles. The van der Waals surface area contributed by atoms with E-state index in [4.69, 9.17) is 6.57 Å². The summed E-state index contributed by atoms with van der Waals surface area (Å²) in [6, 6.07) is 0. The standard InChI is InChI=1S/C31H42NO2.Y/c1-26(2)12-13-28(5)14-15-31(8)24(19(28)17-26)21(33)16-23-29(6)18-20(32-9)25(34)27(3,4)22(29)10-11-30(23,31)7;/h16,18-19,22H,10-15,17H2,1-8H3;/q-1;/t19-,22-,28+,29-,30+,31+;/m0./s1. The van der Waals surface area contributed by atoms with Gasteiger partial charge in [0.15, 0.2) is 5.78 Å². The Kier molecular flexibility index (Phi) is 6.16. The Morgan fingerprint density at radius 3 is 2.20 bits per heavy atom. The molecule has 0 amide bonds. The molecule has 5 aliphatic rings. The number of allylic oxidation sites excluding steroid dienone is 4. The van der Waals surface area contributed by atoms with Gasteiger partial charge in [-0.1, -0.05) is 85.6 Å². The maximum atomic E-state index is 14.2. The van der Waals surface area contributed by atoms with Crippen LogP contribution in [-0.2, 0) is 42.3 Å². The molecule has 3 saturated carbocycles. The fourth-order valence-electron chi connectivity index (χ4n) is 9.48. The molecule has 0 bridgehead atoms. The van der Waals surface area contributed by atoms with Crippen LogP contribution < -0.4 is 0 Å². The van der Waals surface area contributed by atoms with Crippen LogP contribution in [0.15, 0.2) is 23.4 Å². The molecule has 1 radical (unpaired) electrons. The predicted molar refractivity (Wildman–Crippen MR) is 135 cm³/mol. The van der Waals surface area contributed by atoms with Crippen LogP contribution in [0.1, 0.15) is 100 Å². The number of fused-ring (bicyclic) bond motifs is 7. The second-order valence-electron chi connectivity index (χ2n) is 14.6. The van der Waals surface area contributed by atoms with Crippen molar-refractivity contribution in [1.29, 1.82) is 0 Å². The van der Waals surface area contributed by atoms with Crippen LogP contribution in [0, 0.1) is 56.8 Å². The Hall–Kier alpha value is -0.716. The van der Waals surface area contributed by atoms with Gasteiger partial charge >= 0.3 is 0 Å². The van der Waals surface area contributed by atoms with E-state index in [1.807, 2.05) is 26.0 Å². The molecule has 3 nitrogen and oxygen atoms in total. The molecule has 0 aromatic rings. The quantitative estimate of drug-likeness (QED) is 0.293. The fourth-order valence-corrected chi connectivity index (χ4v) is 9.48. The molecule has 0 spiro atoms. The van der Waals surface area contributed by atoms with Crippen molar-refractivity contribution in [2.45, 2.75) is 100 Å². The van der Waals surface area contributed by atoms with Crippen LogP contribution in [0.4, 0.5) is 0 Å². The van der Waals surface area contributed by atoms with Gasteiger partial charge < -0.3 is 9.59 Å². The van der Waals surface area contributed by atoms with E-state index in [2.05, 4.69) is 46.4 Å². The van der Waals surface area contributed by atoms with Crippen LogP contribution in [0.25, 0.3) is 4.85 Å². The molecule has 0 saturated heterocycles. The molecule has 0 N–H and O–H groups in total. The smallest absolute Gasteiger partial charge is 0.226 e. The summed E-state index contributed by atoms with van der Waals surface area (Å²) in [7, 11) is 0. The summed E-state index contributed by atoms with van der Waals surface area (Å²) < 4.78 is 0. The Morgan fingerprint density at radius 2 is 1.57 bits per heavy atom. The van der Waals surface area contributed by atoms with Crippen molar-refractivity contribution < 1.29 is 42.3 Å². The van der Waals surface area contributed by atoms with Gasteiger partial charge in [0.25, 0.3) is 0 Å². The number of Topliss-reactive ketones (excluding diaryl/α,β-unsaturated/α-hetero) is 1. The first-order valence-corrected chi connectivity index (χ1v) is 13.4. The zero-order valence-corrected chi connectivity index (χ0v) is 25.9. The summed E-state index contributed by atoms with van der Waals surface area (Å²) in [6.45, 7) is 25.9. The number of hydrogen-bond donors (Lipinski definition) is 0. The first kappa shape index (κ1) is 27.3. The predicted octanol–water partition coefficient (Wildman–Crippen LogP) is 7.53. The topological polar surface area (TPSA) is 38.5 Å². The average molecular weight is 550 g/mol. The van der Waals surface area contributed by atoms with Gasteiger partial charge in [0.1, 0.15) is 0 Å². The number of carbonyl (C=O) groups is 2.